The maximum Gasteiger partial charge on any atom is 0.0703 e. The number of rotatable bonds is 1. The lowest BCUT2D eigenvalue weighted by molar-refractivity contribution is 0.278. The maximum absolute atomic E-state index is 9.15. The van der Waals surface area contributed by atoms with Crippen LogP contribution in [-0.4, -0.2) is 5.11 Å². The third-order valence-electron chi connectivity index (χ3n) is 1.93. The van der Waals surface area contributed by atoms with Crippen molar-refractivity contribution >= 4 is 56.6 Å². The Morgan fingerprint density at radius 1 is 1.54 bits per heavy atom. The second kappa shape index (κ2) is 3.76. The van der Waals surface area contributed by atoms with E-state index in [4.69, 9.17) is 5.11 Å². The van der Waals surface area contributed by atoms with Gasteiger partial charge >= 0.3 is 0 Å². The van der Waals surface area contributed by atoms with E-state index in [0.717, 1.165) is 14.0 Å². The molecule has 13 heavy (non-hydrogen) atoms. The van der Waals surface area contributed by atoms with Crippen molar-refractivity contribution < 1.29 is 5.11 Å². The molecule has 0 amide bonds. The molecule has 1 aromatic heterocycles. The Labute approximate surface area is 99.3 Å². The lowest BCUT2D eigenvalue weighted by Crippen LogP contribution is -1.90. The number of thiophene rings is 1. The Balaban J connectivity index is 2.85. The highest BCUT2D eigenvalue weighted by Gasteiger charge is 2.08. The number of halogens is 1. The van der Waals surface area contributed by atoms with Crippen molar-refractivity contribution in [3.63, 3.8) is 0 Å². The second-order valence-electron chi connectivity index (χ2n) is 2.68. The van der Waals surface area contributed by atoms with Gasteiger partial charge in [-0.15, -0.1) is 24.0 Å². The predicted molar refractivity (Wildman–Crippen MR) is 67.7 cm³/mol. The fraction of sp³-hybridized carbons (Fsp3) is 0.111. The highest BCUT2D eigenvalue weighted by atomic mass is 127. The molecule has 68 valence electrons. The molecule has 0 saturated heterocycles. The molecule has 0 aliphatic rings. The predicted octanol–water partition coefficient (Wildman–Crippen LogP) is 3.29. The van der Waals surface area contributed by atoms with E-state index in [1.807, 2.05) is 6.07 Å². The molecular formula is C9H7IOS2. The van der Waals surface area contributed by atoms with E-state index in [2.05, 4.69) is 46.7 Å². The van der Waals surface area contributed by atoms with E-state index in [1.54, 1.807) is 11.3 Å². The van der Waals surface area contributed by atoms with Crippen LogP contribution in [0.4, 0.5) is 0 Å². The molecule has 1 aromatic carbocycles. The van der Waals surface area contributed by atoms with E-state index in [0.29, 0.717) is 0 Å². The Hall–Kier alpha value is 0.220. The molecule has 0 spiro atoms. The molecule has 0 fully saturated rings. The van der Waals surface area contributed by atoms with Gasteiger partial charge in [-0.1, -0.05) is 0 Å². The van der Waals surface area contributed by atoms with Crippen molar-refractivity contribution in [3.05, 3.63) is 26.6 Å². The standard InChI is InChI=1S/C9H7IOS2/c10-9-5-1-2-13-8(5)3-7(12)6(9)4-11/h1-3,11-12H,4H2. The summed E-state index contributed by atoms with van der Waals surface area (Å²) < 4.78 is 2.34. The van der Waals surface area contributed by atoms with Crippen LogP contribution in [0.5, 0.6) is 0 Å². The lowest BCUT2D eigenvalue weighted by atomic mass is 10.2. The average molecular weight is 322 g/mol. The van der Waals surface area contributed by atoms with Crippen molar-refractivity contribution in [2.75, 3.05) is 0 Å². The minimum atomic E-state index is 0.0584. The summed E-state index contributed by atoms with van der Waals surface area (Å²) >= 11 is 8.30. The Kier molecular flexibility index (Phi) is 2.83. The molecule has 1 nitrogen and oxygen atoms in total. The van der Waals surface area contributed by atoms with E-state index in [1.165, 1.54) is 10.1 Å². The first-order valence-corrected chi connectivity index (χ1v) is 6.13. The van der Waals surface area contributed by atoms with Gasteiger partial charge in [0.25, 0.3) is 0 Å². The van der Waals surface area contributed by atoms with Crippen molar-refractivity contribution in [2.24, 2.45) is 0 Å². The fourth-order valence-electron chi connectivity index (χ4n) is 1.25. The molecule has 0 atom stereocenters. The third kappa shape index (κ3) is 1.60. The summed E-state index contributed by atoms with van der Waals surface area (Å²) in [5.74, 6) is 0. The Morgan fingerprint density at radius 2 is 2.31 bits per heavy atom. The SMILES string of the molecule is OCc1c(S)cc2sccc2c1I. The van der Waals surface area contributed by atoms with Crippen molar-refractivity contribution in [3.8, 4) is 0 Å². The van der Waals surface area contributed by atoms with Gasteiger partial charge in [0.2, 0.25) is 0 Å². The van der Waals surface area contributed by atoms with Crippen LogP contribution in [0.1, 0.15) is 5.56 Å². The number of fused-ring (bicyclic) bond motifs is 1. The first-order chi connectivity index (χ1) is 6.24. The number of benzene rings is 1. The van der Waals surface area contributed by atoms with E-state index in [9.17, 15) is 0 Å². The monoisotopic (exact) mass is 322 g/mol. The maximum atomic E-state index is 9.15. The highest BCUT2D eigenvalue weighted by molar-refractivity contribution is 14.1. The second-order valence-corrected chi connectivity index (χ2v) is 5.19. The van der Waals surface area contributed by atoms with Crippen LogP contribution in [0.15, 0.2) is 22.4 Å². The molecule has 0 saturated carbocycles. The van der Waals surface area contributed by atoms with Gasteiger partial charge in [-0.2, -0.15) is 0 Å². The van der Waals surface area contributed by atoms with Crippen LogP contribution < -0.4 is 0 Å². The molecule has 2 aromatic rings. The van der Waals surface area contributed by atoms with Crippen LogP contribution in [0.25, 0.3) is 10.1 Å². The molecule has 0 aliphatic carbocycles. The largest absolute Gasteiger partial charge is 0.392 e. The van der Waals surface area contributed by atoms with Gasteiger partial charge in [0.15, 0.2) is 0 Å². The lowest BCUT2D eigenvalue weighted by Gasteiger charge is -2.05. The zero-order valence-corrected chi connectivity index (χ0v) is 10.5. The highest BCUT2D eigenvalue weighted by Crippen LogP contribution is 2.32. The van der Waals surface area contributed by atoms with Gasteiger partial charge in [0.1, 0.15) is 0 Å². The summed E-state index contributed by atoms with van der Waals surface area (Å²) in [5, 5.41) is 12.4. The molecule has 2 rings (SSSR count). The number of aliphatic hydroxyl groups excluding tert-OH is 1. The zero-order chi connectivity index (χ0) is 9.42. The van der Waals surface area contributed by atoms with Crippen LogP contribution in [0.2, 0.25) is 0 Å². The van der Waals surface area contributed by atoms with Gasteiger partial charge in [-0.05, 0) is 40.1 Å². The Bertz CT molecular complexity index is 450. The molecule has 0 radical (unpaired) electrons. The molecule has 1 heterocycles. The summed E-state index contributed by atoms with van der Waals surface area (Å²) in [7, 11) is 0. The molecule has 4 heteroatoms. The average Bonchev–Trinajstić information content (AvgIpc) is 2.53. The molecule has 0 aliphatic heterocycles. The summed E-state index contributed by atoms with van der Waals surface area (Å²) in [6.07, 6.45) is 0. The molecular weight excluding hydrogens is 315 g/mol. The van der Waals surface area contributed by atoms with Gasteiger partial charge in [0.05, 0.1) is 6.61 Å². The summed E-state index contributed by atoms with van der Waals surface area (Å²) in [6.45, 7) is 0.0584. The third-order valence-corrected chi connectivity index (χ3v) is 4.43. The summed E-state index contributed by atoms with van der Waals surface area (Å²) in [5.41, 5.74) is 0.926. The first kappa shape index (κ1) is 9.76. The smallest absolute Gasteiger partial charge is 0.0703 e. The minimum absolute atomic E-state index is 0.0584. The van der Waals surface area contributed by atoms with E-state index < -0.39 is 0 Å². The number of hydrogen-bond donors (Lipinski definition) is 2. The quantitative estimate of drug-likeness (QED) is 0.610. The van der Waals surface area contributed by atoms with Crippen molar-refractivity contribution in [1.29, 1.82) is 0 Å². The topological polar surface area (TPSA) is 20.2 Å². The van der Waals surface area contributed by atoms with E-state index in [-0.39, 0.29) is 6.61 Å². The number of thiol groups is 1. The van der Waals surface area contributed by atoms with Crippen molar-refractivity contribution in [1.82, 2.24) is 0 Å². The summed E-state index contributed by atoms with van der Waals surface area (Å²) in [4.78, 5) is 0.877. The van der Waals surface area contributed by atoms with Gasteiger partial charge < -0.3 is 5.11 Å². The number of aliphatic hydroxyl groups is 1. The Morgan fingerprint density at radius 3 is 3.00 bits per heavy atom. The van der Waals surface area contributed by atoms with Crippen LogP contribution in [0, 0.1) is 3.57 Å². The van der Waals surface area contributed by atoms with E-state index >= 15 is 0 Å². The normalized spacial score (nSPS) is 11.0. The number of hydrogen-bond acceptors (Lipinski definition) is 3. The van der Waals surface area contributed by atoms with Gasteiger partial charge in [0, 0.05) is 24.1 Å². The van der Waals surface area contributed by atoms with Gasteiger partial charge in [-0.25, -0.2) is 0 Å². The van der Waals surface area contributed by atoms with Crippen LogP contribution >= 0.6 is 46.6 Å². The summed E-state index contributed by atoms with van der Waals surface area (Å²) in [6, 6.07) is 4.09. The van der Waals surface area contributed by atoms with Crippen LogP contribution in [0.3, 0.4) is 0 Å². The fourth-order valence-corrected chi connectivity index (χ4v) is 3.81. The zero-order valence-electron chi connectivity index (χ0n) is 6.62. The first-order valence-electron chi connectivity index (χ1n) is 3.72. The molecule has 0 unspecified atom stereocenters. The van der Waals surface area contributed by atoms with Crippen molar-refractivity contribution in [2.45, 2.75) is 11.5 Å². The van der Waals surface area contributed by atoms with Crippen LogP contribution in [-0.2, 0) is 6.61 Å². The molecule has 0 bridgehead atoms. The van der Waals surface area contributed by atoms with Gasteiger partial charge in [-0.3, -0.25) is 0 Å². The molecule has 1 N–H and O–H groups in total. The minimum Gasteiger partial charge on any atom is -0.392 e.